The number of nitro benzene ring substituents is 1. The number of pyridine rings is 2. The largest absolute Gasteiger partial charge is 0.484 e. The Bertz CT molecular complexity index is 2710. The van der Waals surface area contributed by atoms with Gasteiger partial charge in [-0.05, 0) is 73.3 Å². The van der Waals surface area contributed by atoms with E-state index in [4.69, 9.17) is 9.72 Å². The van der Waals surface area contributed by atoms with Crippen LogP contribution in [0.15, 0.2) is 126 Å². The second-order valence-electron chi connectivity index (χ2n) is 13.5. The number of likely N-dealkylation sites (N-methyl/N-ethyl adjacent to an activating group) is 1. The van der Waals surface area contributed by atoms with Crippen molar-refractivity contribution in [3.63, 3.8) is 0 Å². The van der Waals surface area contributed by atoms with E-state index in [9.17, 15) is 24.5 Å². The molecule has 8 rings (SSSR count). The van der Waals surface area contributed by atoms with Gasteiger partial charge in [0.15, 0.2) is 23.9 Å². The van der Waals surface area contributed by atoms with Crippen molar-refractivity contribution in [2.75, 3.05) is 49.7 Å². The fourth-order valence-corrected chi connectivity index (χ4v) is 6.97. The number of rotatable bonds is 11. The van der Waals surface area contributed by atoms with Crippen molar-refractivity contribution in [3.05, 3.63) is 153 Å². The number of aromatic nitrogens is 4. The van der Waals surface area contributed by atoms with Gasteiger partial charge in [0.05, 0.1) is 21.5 Å². The Balaban J connectivity index is 1.03. The maximum atomic E-state index is 13.9. The van der Waals surface area contributed by atoms with Crippen LogP contribution in [0.5, 0.6) is 5.75 Å². The predicted molar refractivity (Wildman–Crippen MR) is 217 cm³/mol. The Kier molecular flexibility index (Phi) is 10.2. The quantitative estimate of drug-likeness (QED) is 0.0920. The fraction of sp³-hybridized carbons (Fsp3) is 0.163. The summed E-state index contributed by atoms with van der Waals surface area (Å²) in [6.07, 6.45) is 1.66. The average Bonchev–Trinajstić information content (AvgIpc) is 3.26. The molecule has 1 amide bonds. The number of ketones is 1. The maximum absolute atomic E-state index is 13.9. The summed E-state index contributed by atoms with van der Waals surface area (Å²) in [7, 11) is 0. The van der Waals surface area contributed by atoms with Crippen molar-refractivity contribution >= 4 is 45.0 Å². The van der Waals surface area contributed by atoms with Crippen molar-refractivity contribution in [2.45, 2.75) is 6.92 Å². The molecule has 4 heterocycles. The number of nitro groups is 1. The Morgan fingerprint density at radius 3 is 2.35 bits per heavy atom. The van der Waals surface area contributed by atoms with E-state index in [1.54, 1.807) is 79.0 Å². The van der Waals surface area contributed by atoms with Gasteiger partial charge in [-0.25, -0.2) is 15.0 Å². The summed E-state index contributed by atoms with van der Waals surface area (Å²) in [5.74, 6) is -0.603. The first-order valence-corrected chi connectivity index (χ1v) is 18.4. The molecule has 0 aliphatic carbocycles. The highest BCUT2D eigenvalue weighted by molar-refractivity contribution is 6.13. The highest BCUT2D eigenvalue weighted by atomic mass is 16.6. The van der Waals surface area contributed by atoms with E-state index in [1.807, 2.05) is 41.3 Å². The molecule has 1 fully saturated rings. The summed E-state index contributed by atoms with van der Waals surface area (Å²) < 4.78 is 6.77. The molecule has 1 saturated heterocycles. The minimum absolute atomic E-state index is 0.0224. The number of para-hydroxylation sites is 1. The molecule has 7 aromatic rings. The molecule has 14 heteroatoms. The van der Waals surface area contributed by atoms with Crippen LogP contribution in [0, 0.1) is 10.1 Å². The highest BCUT2D eigenvalue weighted by Gasteiger charge is 2.26. The smallest absolute Gasteiger partial charge is 0.293 e. The SMILES string of the molecule is CCN1CCN(c2ccc(-c3nc4ccccc4c(=O)n3NC(=O)COc3ccc(C(=O)c4cc5cccnc5nc4-c4ccccc4)cc3)cc2[N+](=O)[O-])CC1. The molecule has 0 spiro atoms. The van der Waals surface area contributed by atoms with Gasteiger partial charge in [0.1, 0.15) is 11.4 Å². The standard InChI is InChI=1S/C43H36N8O6/c1-2-48-21-23-49(24-22-48)36-19-16-31(26-37(36)51(55)56)42-45-35-13-7-6-12-33(35)43(54)50(42)47-38(52)27-57-32-17-14-29(15-18-32)40(53)34-25-30-11-8-20-44-41(30)46-39(34)28-9-4-3-5-10-28/h3-20,25-26H,2,21-24,27H2,1H3,(H,47,52). The number of fused-ring (bicyclic) bond motifs is 2. The lowest BCUT2D eigenvalue weighted by atomic mass is 9.97. The summed E-state index contributed by atoms with van der Waals surface area (Å²) in [5.41, 5.74) is 5.62. The number of benzene rings is 4. The van der Waals surface area contributed by atoms with Crippen LogP contribution in [0.4, 0.5) is 11.4 Å². The third-order valence-corrected chi connectivity index (χ3v) is 9.97. The van der Waals surface area contributed by atoms with E-state index in [-0.39, 0.29) is 28.2 Å². The van der Waals surface area contributed by atoms with E-state index in [1.165, 1.54) is 6.07 Å². The van der Waals surface area contributed by atoms with Crippen molar-refractivity contribution in [2.24, 2.45) is 0 Å². The van der Waals surface area contributed by atoms with Crippen LogP contribution in [0.2, 0.25) is 0 Å². The van der Waals surface area contributed by atoms with Gasteiger partial charge in [-0.1, -0.05) is 49.4 Å². The molecule has 284 valence electrons. The van der Waals surface area contributed by atoms with Gasteiger partial charge in [0.25, 0.3) is 17.2 Å². The Hall–Kier alpha value is -7.32. The van der Waals surface area contributed by atoms with Crippen LogP contribution in [-0.2, 0) is 4.79 Å². The van der Waals surface area contributed by atoms with Crippen LogP contribution in [0.25, 0.3) is 44.6 Å². The van der Waals surface area contributed by atoms with Gasteiger partial charge in [0.2, 0.25) is 0 Å². The van der Waals surface area contributed by atoms with Gasteiger partial charge in [-0.15, -0.1) is 0 Å². The topological polar surface area (TPSA) is 166 Å². The Morgan fingerprint density at radius 1 is 0.842 bits per heavy atom. The molecular formula is C43H36N8O6. The summed E-state index contributed by atoms with van der Waals surface area (Å²) in [6, 6.07) is 32.6. The van der Waals surface area contributed by atoms with Crippen molar-refractivity contribution in [3.8, 4) is 28.4 Å². The molecule has 3 aromatic heterocycles. The summed E-state index contributed by atoms with van der Waals surface area (Å²) >= 11 is 0. The van der Waals surface area contributed by atoms with Crippen LogP contribution < -0.4 is 20.6 Å². The third kappa shape index (κ3) is 7.53. The molecule has 1 aliphatic heterocycles. The van der Waals surface area contributed by atoms with E-state index in [2.05, 4.69) is 27.2 Å². The summed E-state index contributed by atoms with van der Waals surface area (Å²) in [6.45, 7) is 5.34. The lowest BCUT2D eigenvalue weighted by Gasteiger charge is -2.35. The molecule has 14 nitrogen and oxygen atoms in total. The maximum Gasteiger partial charge on any atom is 0.293 e. The second kappa shape index (κ2) is 15.8. The number of nitrogens with one attached hydrogen (secondary N) is 1. The zero-order valence-corrected chi connectivity index (χ0v) is 30.9. The van der Waals surface area contributed by atoms with E-state index in [0.29, 0.717) is 52.5 Å². The van der Waals surface area contributed by atoms with Gasteiger partial charge in [-0.3, -0.25) is 29.9 Å². The molecule has 1 aliphatic rings. The van der Waals surface area contributed by atoms with Gasteiger partial charge in [0, 0.05) is 66.1 Å². The van der Waals surface area contributed by atoms with Crippen LogP contribution in [0.3, 0.4) is 0 Å². The molecule has 1 N–H and O–H groups in total. The van der Waals surface area contributed by atoms with Crippen LogP contribution in [-0.4, -0.2) is 80.5 Å². The van der Waals surface area contributed by atoms with Gasteiger partial charge < -0.3 is 14.5 Å². The second-order valence-corrected chi connectivity index (χ2v) is 13.5. The first-order valence-electron chi connectivity index (χ1n) is 18.4. The monoisotopic (exact) mass is 760 g/mol. The zero-order valence-electron chi connectivity index (χ0n) is 30.9. The van der Waals surface area contributed by atoms with Crippen LogP contribution in [0.1, 0.15) is 22.8 Å². The Morgan fingerprint density at radius 2 is 1.60 bits per heavy atom. The number of piperazine rings is 1. The number of hydrogen-bond donors (Lipinski definition) is 1. The molecule has 57 heavy (non-hydrogen) atoms. The number of nitrogens with zero attached hydrogens (tertiary/aromatic N) is 7. The van der Waals surface area contributed by atoms with Crippen molar-refractivity contribution in [1.29, 1.82) is 0 Å². The molecule has 0 unspecified atom stereocenters. The minimum atomic E-state index is -0.682. The summed E-state index contributed by atoms with van der Waals surface area (Å²) in [5, 5.41) is 13.3. The molecule has 0 atom stereocenters. The molecular weight excluding hydrogens is 725 g/mol. The van der Waals surface area contributed by atoms with E-state index >= 15 is 0 Å². The number of carbonyl (C=O) groups is 2. The van der Waals surface area contributed by atoms with Crippen molar-refractivity contribution < 1.29 is 19.2 Å². The van der Waals surface area contributed by atoms with Crippen LogP contribution >= 0.6 is 0 Å². The highest BCUT2D eigenvalue weighted by Crippen LogP contribution is 2.34. The number of hydrogen-bond acceptors (Lipinski definition) is 11. The molecule has 4 aromatic carbocycles. The van der Waals surface area contributed by atoms with Crippen molar-refractivity contribution in [1.82, 2.24) is 24.5 Å². The lowest BCUT2D eigenvalue weighted by Crippen LogP contribution is -2.46. The zero-order chi connectivity index (χ0) is 39.5. The molecule has 0 bridgehead atoms. The normalized spacial score (nSPS) is 13.1. The fourth-order valence-electron chi connectivity index (χ4n) is 6.97. The Labute approximate surface area is 326 Å². The lowest BCUT2D eigenvalue weighted by molar-refractivity contribution is -0.384. The number of carbonyl (C=O) groups excluding carboxylic acids is 2. The van der Waals surface area contributed by atoms with Gasteiger partial charge >= 0.3 is 0 Å². The molecule has 0 radical (unpaired) electrons. The third-order valence-electron chi connectivity index (χ3n) is 9.97. The summed E-state index contributed by atoms with van der Waals surface area (Å²) in [4.78, 5) is 71.0. The first-order chi connectivity index (χ1) is 27.8. The van der Waals surface area contributed by atoms with E-state index < -0.39 is 23.0 Å². The minimum Gasteiger partial charge on any atom is -0.484 e. The number of anilines is 1. The number of ether oxygens (including phenoxy) is 1. The predicted octanol–water partition coefficient (Wildman–Crippen LogP) is 6.10. The number of amides is 1. The van der Waals surface area contributed by atoms with E-state index in [0.717, 1.165) is 35.3 Å². The first kappa shape index (κ1) is 36.6. The molecule has 0 saturated carbocycles. The average molecular weight is 761 g/mol. The van der Waals surface area contributed by atoms with Gasteiger partial charge in [-0.2, -0.15) is 4.68 Å².